The molecule has 0 spiro atoms. The first-order valence-corrected chi connectivity index (χ1v) is 9.50. The van der Waals surface area contributed by atoms with E-state index in [-0.39, 0.29) is 5.91 Å². The average Bonchev–Trinajstić information content (AvgIpc) is 3.02. The van der Waals surface area contributed by atoms with Crippen molar-refractivity contribution in [1.29, 1.82) is 0 Å². The van der Waals surface area contributed by atoms with Gasteiger partial charge in [0, 0.05) is 13.6 Å². The second-order valence-corrected chi connectivity index (χ2v) is 7.02. The highest BCUT2D eigenvalue weighted by Crippen LogP contribution is 2.19. The molecule has 0 N–H and O–H groups in total. The second kappa shape index (κ2) is 8.73. The van der Waals surface area contributed by atoms with E-state index in [4.69, 9.17) is 4.74 Å². The normalized spacial score (nSPS) is 11.7. The smallest absolute Gasteiger partial charge is 0.342 e. The molecule has 0 aliphatic rings. The molecule has 0 saturated heterocycles. The van der Waals surface area contributed by atoms with Crippen molar-refractivity contribution < 1.29 is 14.3 Å². The number of nitrogens with zero attached hydrogens (tertiary/aromatic N) is 3. The van der Waals surface area contributed by atoms with E-state index >= 15 is 0 Å². The fourth-order valence-corrected chi connectivity index (χ4v) is 3.27. The van der Waals surface area contributed by atoms with Crippen LogP contribution in [0.2, 0.25) is 0 Å². The van der Waals surface area contributed by atoms with Gasteiger partial charge in [-0.25, -0.2) is 9.48 Å². The Bertz CT molecular complexity index is 997. The summed E-state index contributed by atoms with van der Waals surface area (Å²) in [6, 6.07) is 19.2. The lowest BCUT2D eigenvalue weighted by Gasteiger charge is -2.21. The zero-order chi connectivity index (χ0) is 21.0. The summed E-state index contributed by atoms with van der Waals surface area (Å²) in [4.78, 5) is 27.0. The molecule has 29 heavy (non-hydrogen) atoms. The molecule has 6 nitrogen and oxygen atoms in total. The molecule has 1 amide bonds. The molecule has 1 atom stereocenters. The number of carbonyl (C=O) groups excluding carboxylic acids is 2. The number of ether oxygens (including phenoxy) is 1. The molecular formula is C23H25N3O3. The van der Waals surface area contributed by atoms with Crippen molar-refractivity contribution in [1.82, 2.24) is 14.7 Å². The summed E-state index contributed by atoms with van der Waals surface area (Å²) in [7, 11) is 1.70. The molecule has 3 rings (SSSR count). The summed E-state index contributed by atoms with van der Waals surface area (Å²) in [5.41, 5.74) is 3.50. The van der Waals surface area contributed by atoms with Gasteiger partial charge in [0.25, 0.3) is 5.91 Å². The van der Waals surface area contributed by atoms with Crippen molar-refractivity contribution in [2.45, 2.75) is 33.4 Å². The molecule has 0 fully saturated rings. The molecular weight excluding hydrogens is 366 g/mol. The van der Waals surface area contributed by atoms with Gasteiger partial charge in [0.2, 0.25) is 0 Å². The van der Waals surface area contributed by atoms with Crippen LogP contribution in [0.3, 0.4) is 0 Å². The van der Waals surface area contributed by atoms with Gasteiger partial charge in [0.1, 0.15) is 5.56 Å². The Hall–Kier alpha value is -3.41. The fraction of sp³-hybridized carbons (Fsp3) is 0.261. The standard InChI is InChI=1S/C23H25N3O3/c1-16-21(17(2)26(24-16)20-13-9-6-10-14-20)23(28)29-18(3)22(27)25(4)15-19-11-7-5-8-12-19/h5-14,18H,15H2,1-4H3/t18-/m1/s1. The number of hydrogen-bond donors (Lipinski definition) is 0. The third-order valence-electron chi connectivity index (χ3n) is 4.77. The molecule has 0 unspecified atom stereocenters. The van der Waals surface area contributed by atoms with E-state index < -0.39 is 12.1 Å². The molecule has 6 heteroatoms. The maximum Gasteiger partial charge on any atom is 0.342 e. The minimum absolute atomic E-state index is 0.257. The van der Waals surface area contributed by atoms with Crippen LogP contribution in [0.4, 0.5) is 0 Å². The van der Waals surface area contributed by atoms with E-state index in [1.165, 1.54) is 0 Å². The van der Waals surface area contributed by atoms with Crippen molar-refractivity contribution in [3.05, 3.63) is 83.2 Å². The SMILES string of the molecule is Cc1nn(-c2ccccc2)c(C)c1C(=O)O[C@H](C)C(=O)N(C)Cc1ccccc1. The predicted octanol–water partition coefficient (Wildman–Crippen LogP) is 3.69. The minimum atomic E-state index is -0.893. The topological polar surface area (TPSA) is 64.4 Å². The van der Waals surface area contributed by atoms with E-state index in [1.807, 2.05) is 67.6 Å². The first-order valence-electron chi connectivity index (χ1n) is 9.50. The van der Waals surface area contributed by atoms with E-state index in [1.54, 1.807) is 30.5 Å². The molecule has 0 aliphatic carbocycles. The summed E-state index contributed by atoms with van der Waals surface area (Å²) in [5.74, 6) is -0.802. The minimum Gasteiger partial charge on any atom is -0.449 e. The van der Waals surface area contributed by atoms with Gasteiger partial charge in [0.15, 0.2) is 6.10 Å². The molecule has 3 aromatic rings. The number of benzene rings is 2. The lowest BCUT2D eigenvalue weighted by atomic mass is 10.2. The first kappa shape index (κ1) is 20.3. The lowest BCUT2D eigenvalue weighted by Crippen LogP contribution is -2.37. The number of likely N-dealkylation sites (N-methyl/N-ethyl adjacent to an activating group) is 1. The van der Waals surface area contributed by atoms with E-state index in [2.05, 4.69) is 5.10 Å². The largest absolute Gasteiger partial charge is 0.449 e. The third-order valence-corrected chi connectivity index (χ3v) is 4.77. The highest BCUT2D eigenvalue weighted by Gasteiger charge is 2.26. The fourth-order valence-electron chi connectivity index (χ4n) is 3.27. The Morgan fingerprint density at radius 3 is 2.24 bits per heavy atom. The monoisotopic (exact) mass is 391 g/mol. The van der Waals surface area contributed by atoms with E-state index in [0.717, 1.165) is 11.3 Å². The van der Waals surface area contributed by atoms with Crippen molar-refractivity contribution in [3.8, 4) is 5.69 Å². The highest BCUT2D eigenvalue weighted by molar-refractivity contribution is 5.94. The molecule has 2 aromatic carbocycles. The van der Waals surface area contributed by atoms with Crippen molar-refractivity contribution >= 4 is 11.9 Å². The molecule has 150 valence electrons. The Kier molecular flexibility index (Phi) is 6.12. The maximum atomic E-state index is 12.8. The number of carbonyl (C=O) groups is 2. The van der Waals surface area contributed by atoms with Gasteiger partial charge in [-0.15, -0.1) is 0 Å². The van der Waals surface area contributed by atoms with Gasteiger partial charge in [-0.05, 0) is 38.5 Å². The Morgan fingerprint density at radius 2 is 1.62 bits per heavy atom. The van der Waals surface area contributed by atoms with Gasteiger partial charge >= 0.3 is 5.97 Å². The van der Waals surface area contributed by atoms with Crippen molar-refractivity contribution in [2.24, 2.45) is 0 Å². The van der Waals surface area contributed by atoms with Crippen LogP contribution in [-0.4, -0.2) is 39.7 Å². The number of aryl methyl sites for hydroxylation is 1. The number of rotatable bonds is 6. The van der Waals surface area contributed by atoms with Crippen LogP contribution in [0, 0.1) is 13.8 Å². The van der Waals surface area contributed by atoms with Gasteiger partial charge in [-0.1, -0.05) is 48.5 Å². The van der Waals surface area contributed by atoms with Crippen LogP contribution in [0.1, 0.15) is 34.2 Å². The van der Waals surface area contributed by atoms with Crippen LogP contribution in [-0.2, 0) is 16.1 Å². The highest BCUT2D eigenvalue weighted by atomic mass is 16.5. The van der Waals surface area contributed by atoms with Gasteiger partial charge in [-0.2, -0.15) is 5.10 Å². The van der Waals surface area contributed by atoms with E-state index in [0.29, 0.717) is 23.5 Å². The summed E-state index contributed by atoms with van der Waals surface area (Å²) >= 11 is 0. The molecule has 1 heterocycles. The summed E-state index contributed by atoms with van der Waals surface area (Å²) in [6.45, 7) is 5.62. The van der Waals surface area contributed by atoms with E-state index in [9.17, 15) is 9.59 Å². The lowest BCUT2D eigenvalue weighted by molar-refractivity contribution is -0.139. The summed E-state index contributed by atoms with van der Waals surface area (Å²) < 4.78 is 7.19. The van der Waals surface area contributed by atoms with Crippen molar-refractivity contribution in [3.63, 3.8) is 0 Å². The molecule has 0 aliphatic heterocycles. The van der Waals surface area contributed by atoms with Crippen LogP contribution < -0.4 is 0 Å². The quantitative estimate of drug-likeness (QED) is 0.601. The summed E-state index contributed by atoms with van der Waals surface area (Å²) in [6.07, 6.45) is -0.893. The second-order valence-electron chi connectivity index (χ2n) is 7.02. The van der Waals surface area contributed by atoms with Crippen molar-refractivity contribution in [2.75, 3.05) is 7.05 Å². The molecule has 0 bridgehead atoms. The van der Waals surface area contributed by atoms with Crippen LogP contribution in [0.5, 0.6) is 0 Å². The Morgan fingerprint density at radius 1 is 1.03 bits per heavy atom. The van der Waals surface area contributed by atoms with Gasteiger partial charge in [-0.3, -0.25) is 4.79 Å². The summed E-state index contributed by atoms with van der Waals surface area (Å²) in [5, 5.41) is 4.47. The zero-order valence-electron chi connectivity index (χ0n) is 17.1. The Balaban J connectivity index is 1.71. The molecule has 0 radical (unpaired) electrons. The number of aromatic nitrogens is 2. The first-order chi connectivity index (χ1) is 13.9. The maximum absolute atomic E-state index is 12.8. The number of hydrogen-bond acceptors (Lipinski definition) is 4. The molecule has 1 aromatic heterocycles. The van der Waals surface area contributed by atoms with Crippen LogP contribution in [0.25, 0.3) is 5.69 Å². The average molecular weight is 391 g/mol. The number of amides is 1. The van der Waals surface area contributed by atoms with Crippen LogP contribution in [0.15, 0.2) is 60.7 Å². The van der Waals surface area contributed by atoms with Crippen LogP contribution >= 0.6 is 0 Å². The van der Waals surface area contributed by atoms with Gasteiger partial charge < -0.3 is 9.64 Å². The third kappa shape index (κ3) is 4.54. The predicted molar refractivity (Wildman–Crippen MR) is 111 cm³/mol. The number of para-hydroxylation sites is 1. The zero-order valence-corrected chi connectivity index (χ0v) is 17.1. The van der Waals surface area contributed by atoms with Gasteiger partial charge in [0.05, 0.1) is 17.1 Å². The molecule has 0 saturated carbocycles. The Labute approximate surface area is 170 Å². The number of esters is 1.